The Hall–Kier alpha value is -1.27. The average molecular weight is 266 g/mol. The normalized spacial score (nSPS) is 8.93. The van der Waals surface area contributed by atoms with Crippen molar-refractivity contribution in [3.8, 4) is 11.8 Å². The van der Waals surface area contributed by atoms with E-state index in [4.69, 9.17) is 0 Å². The van der Waals surface area contributed by atoms with Gasteiger partial charge in [0.2, 0.25) is 0 Å². The highest BCUT2D eigenvalue weighted by Crippen LogP contribution is 2.15. The lowest BCUT2D eigenvalue weighted by atomic mass is 10.2. The van der Waals surface area contributed by atoms with E-state index in [0.717, 1.165) is 4.47 Å². The monoisotopic (exact) mass is 265 g/mol. The van der Waals surface area contributed by atoms with E-state index in [1.54, 1.807) is 13.0 Å². The summed E-state index contributed by atoms with van der Waals surface area (Å²) in [5.74, 6) is 5.61. The van der Waals surface area contributed by atoms with Gasteiger partial charge in [0.05, 0.1) is 5.56 Å². The maximum Gasteiger partial charge on any atom is 0.252 e. The molecule has 0 aliphatic rings. The Morgan fingerprint density at radius 2 is 2.20 bits per heavy atom. The van der Waals surface area contributed by atoms with E-state index in [1.807, 2.05) is 18.2 Å². The van der Waals surface area contributed by atoms with E-state index < -0.39 is 0 Å². The average Bonchev–Trinajstić information content (AvgIpc) is 2.25. The third-order valence-electron chi connectivity index (χ3n) is 1.83. The smallest absolute Gasteiger partial charge is 0.252 e. The highest BCUT2D eigenvalue weighted by Gasteiger charge is 2.07. The quantitative estimate of drug-likeness (QED) is 0.661. The molecule has 78 valence electrons. The van der Waals surface area contributed by atoms with Gasteiger partial charge in [0.25, 0.3) is 5.91 Å². The lowest BCUT2D eigenvalue weighted by molar-refractivity contribution is 0.0954. The summed E-state index contributed by atoms with van der Waals surface area (Å²) < 4.78 is 0.809. The molecule has 0 saturated heterocycles. The second-order valence-electron chi connectivity index (χ2n) is 2.91. The molecule has 0 spiro atoms. The largest absolute Gasteiger partial charge is 0.351 e. The zero-order chi connectivity index (χ0) is 11.1. The summed E-state index contributed by atoms with van der Waals surface area (Å²) in [6.45, 7) is 2.37. The Labute approximate surface area is 98.2 Å². The molecule has 3 heteroatoms. The van der Waals surface area contributed by atoms with Gasteiger partial charge in [-0.2, -0.15) is 0 Å². The maximum atomic E-state index is 11.6. The molecule has 0 atom stereocenters. The van der Waals surface area contributed by atoms with Crippen LogP contribution in [0.2, 0.25) is 0 Å². The second-order valence-corrected chi connectivity index (χ2v) is 3.77. The third kappa shape index (κ3) is 3.77. The minimum Gasteiger partial charge on any atom is -0.351 e. The van der Waals surface area contributed by atoms with Crippen molar-refractivity contribution in [3.05, 3.63) is 34.3 Å². The molecule has 15 heavy (non-hydrogen) atoms. The topological polar surface area (TPSA) is 29.1 Å². The van der Waals surface area contributed by atoms with Crippen LogP contribution in [0.4, 0.5) is 0 Å². The molecule has 1 aromatic carbocycles. The molecule has 1 aromatic rings. The highest BCUT2D eigenvalue weighted by molar-refractivity contribution is 9.10. The molecule has 1 rings (SSSR count). The minimum atomic E-state index is -0.0691. The van der Waals surface area contributed by atoms with Crippen molar-refractivity contribution < 1.29 is 4.79 Å². The molecule has 1 N–H and O–H groups in total. The molecule has 0 fully saturated rings. The summed E-state index contributed by atoms with van der Waals surface area (Å²) in [7, 11) is 0. The predicted octanol–water partition coefficient (Wildman–Crippen LogP) is 2.59. The molecule has 0 radical (unpaired) electrons. The molecular weight excluding hydrogens is 254 g/mol. The molecule has 0 aromatic heterocycles. The van der Waals surface area contributed by atoms with E-state index in [0.29, 0.717) is 18.5 Å². The standard InChI is InChI=1S/C12H12BrNO/c1-2-3-6-9-14-12(15)10-7-4-5-8-11(10)13/h4-5,7-8H,6,9H2,1H3,(H,14,15). The third-order valence-corrected chi connectivity index (χ3v) is 2.52. The van der Waals surface area contributed by atoms with Crippen LogP contribution in [0.5, 0.6) is 0 Å². The van der Waals surface area contributed by atoms with Gasteiger partial charge in [0.1, 0.15) is 0 Å². The molecule has 0 unspecified atom stereocenters. The van der Waals surface area contributed by atoms with Crippen molar-refractivity contribution in [1.82, 2.24) is 5.32 Å². The molecule has 0 aliphatic carbocycles. The fourth-order valence-corrected chi connectivity index (χ4v) is 1.57. The van der Waals surface area contributed by atoms with Crippen LogP contribution >= 0.6 is 15.9 Å². The first-order valence-electron chi connectivity index (χ1n) is 4.68. The summed E-state index contributed by atoms with van der Waals surface area (Å²) in [5, 5.41) is 2.80. The Bertz CT molecular complexity index is 404. The van der Waals surface area contributed by atoms with Crippen LogP contribution in [0, 0.1) is 11.8 Å². The Kier molecular flexibility index (Phi) is 4.92. The number of halogens is 1. The fourth-order valence-electron chi connectivity index (χ4n) is 1.10. The molecule has 0 aliphatic heterocycles. The van der Waals surface area contributed by atoms with Gasteiger partial charge in [0.15, 0.2) is 0 Å². The van der Waals surface area contributed by atoms with Crippen LogP contribution in [-0.2, 0) is 0 Å². The Balaban J connectivity index is 2.53. The SMILES string of the molecule is CC#CCCNC(=O)c1ccccc1Br. The van der Waals surface area contributed by atoms with E-state index in [1.165, 1.54) is 0 Å². The number of hydrogen-bond acceptors (Lipinski definition) is 1. The first-order chi connectivity index (χ1) is 7.25. The predicted molar refractivity (Wildman–Crippen MR) is 64.5 cm³/mol. The summed E-state index contributed by atoms with van der Waals surface area (Å²) in [6.07, 6.45) is 0.687. The Morgan fingerprint density at radius 3 is 2.87 bits per heavy atom. The molecular formula is C12H12BrNO. The van der Waals surface area contributed by atoms with Gasteiger partial charge in [-0.15, -0.1) is 11.8 Å². The summed E-state index contributed by atoms with van der Waals surface area (Å²) in [4.78, 5) is 11.6. The van der Waals surface area contributed by atoms with Crippen LogP contribution in [0.25, 0.3) is 0 Å². The lowest BCUT2D eigenvalue weighted by Gasteiger charge is -2.04. The van der Waals surface area contributed by atoms with Crippen molar-refractivity contribution >= 4 is 21.8 Å². The van der Waals surface area contributed by atoms with Gasteiger partial charge >= 0.3 is 0 Å². The molecule has 0 bridgehead atoms. The first-order valence-corrected chi connectivity index (χ1v) is 5.47. The van der Waals surface area contributed by atoms with Crippen LogP contribution in [0.15, 0.2) is 28.7 Å². The lowest BCUT2D eigenvalue weighted by Crippen LogP contribution is -2.24. The number of carbonyl (C=O) groups excluding carboxylic acids is 1. The fraction of sp³-hybridized carbons (Fsp3) is 0.250. The molecule has 0 saturated carbocycles. The summed E-state index contributed by atoms with van der Waals surface area (Å²) >= 11 is 3.33. The van der Waals surface area contributed by atoms with Gasteiger partial charge in [-0.3, -0.25) is 4.79 Å². The van der Waals surface area contributed by atoms with Crippen molar-refractivity contribution in [1.29, 1.82) is 0 Å². The number of nitrogens with one attached hydrogen (secondary N) is 1. The van der Waals surface area contributed by atoms with Crippen LogP contribution < -0.4 is 5.32 Å². The van der Waals surface area contributed by atoms with Gasteiger partial charge < -0.3 is 5.32 Å². The summed E-state index contributed by atoms with van der Waals surface area (Å²) in [5.41, 5.74) is 0.655. The zero-order valence-corrected chi connectivity index (χ0v) is 10.1. The minimum absolute atomic E-state index is 0.0691. The maximum absolute atomic E-state index is 11.6. The van der Waals surface area contributed by atoms with Crippen LogP contribution in [0.1, 0.15) is 23.7 Å². The van der Waals surface area contributed by atoms with E-state index in [-0.39, 0.29) is 5.91 Å². The van der Waals surface area contributed by atoms with Crippen molar-refractivity contribution in [2.75, 3.05) is 6.54 Å². The highest BCUT2D eigenvalue weighted by atomic mass is 79.9. The second kappa shape index (κ2) is 6.26. The molecule has 1 amide bonds. The van der Waals surface area contributed by atoms with Crippen LogP contribution in [-0.4, -0.2) is 12.5 Å². The number of hydrogen-bond donors (Lipinski definition) is 1. The molecule has 2 nitrogen and oxygen atoms in total. The zero-order valence-electron chi connectivity index (χ0n) is 8.51. The van der Waals surface area contributed by atoms with Gasteiger partial charge in [-0.05, 0) is 35.0 Å². The van der Waals surface area contributed by atoms with Gasteiger partial charge in [0, 0.05) is 17.4 Å². The number of carbonyl (C=O) groups is 1. The number of rotatable bonds is 3. The number of benzene rings is 1. The van der Waals surface area contributed by atoms with Crippen LogP contribution in [0.3, 0.4) is 0 Å². The molecule has 0 heterocycles. The first kappa shape index (κ1) is 11.8. The van der Waals surface area contributed by atoms with E-state index >= 15 is 0 Å². The van der Waals surface area contributed by atoms with Crippen molar-refractivity contribution in [3.63, 3.8) is 0 Å². The summed E-state index contributed by atoms with van der Waals surface area (Å²) in [6, 6.07) is 7.35. The van der Waals surface area contributed by atoms with E-state index in [9.17, 15) is 4.79 Å². The van der Waals surface area contributed by atoms with Gasteiger partial charge in [-0.25, -0.2) is 0 Å². The van der Waals surface area contributed by atoms with Gasteiger partial charge in [-0.1, -0.05) is 12.1 Å². The number of amides is 1. The van der Waals surface area contributed by atoms with Crippen molar-refractivity contribution in [2.45, 2.75) is 13.3 Å². The van der Waals surface area contributed by atoms with Crippen molar-refractivity contribution in [2.24, 2.45) is 0 Å². The Morgan fingerprint density at radius 1 is 1.47 bits per heavy atom. The van der Waals surface area contributed by atoms with E-state index in [2.05, 4.69) is 33.1 Å².